The van der Waals surface area contributed by atoms with Crippen LogP contribution in [0.5, 0.6) is 0 Å². The number of hydrogen-bond donors (Lipinski definition) is 1. The molecule has 1 N–H and O–H groups in total. The van der Waals surface area contributed by atoms with Gasteiger partial charge in [0, 0.05) is 31.7 Å². The van der Waals surface area contributed by atoms with Crippen molar-refractivity contribution in [2.45, 2.75) is 63.5 Å². The van der Waals surface area contributed by atoms with E-state index in [2.05, 4.69) is 5.32 Å². The Balaban J connectivity index is 1.57. The maximum atomic E-state index is 12.7. The number of sulfonamides is 1. The van der Waals surface area contributed by atoms with Gasteiger partial charge in [0.1, 0.15) is 0 Å². The monoisotopic (exact) mass is 343 g/mol. The maximum Gasteiger partial charge on any atom is 0.317 e. The summed E-state index contributed by atoms with van der Waals surface area (Å²) in [7, 11) is -3.17. The zero-order chi connectivity index (χ0) is 16.4. The lowest BCUT2D eigenvalue weighted by molar-refractivity contribution is 0.164. The van der Waals surface area contributed by atoms with Gasteiger partial charge >= 0.3 is 6.03 Å². The van der Waals surface area contributed by atoms with E-state index in [4.69, 9.17) is 0 Å². The number of nitrogens with one attached hydrogen (secondary N) is 1. The van der Waals surface area contributed by atoms with Crippen LogP contribution in [-0.4, -0.2) is 61.6 Å². The van der Waals surface area contributed by atoms with Gasteiger partial charge < -0.3 is 10.2 Å². The summed E-state index contributed by atoms with van der Waals surface area (Å²) in [6.07, 6.45) is 10.2. The van der Waals surface area contributed by atoms with Gasteiger partial charge in [-0.2, -0.15) is 0 Å². The second-order valence-electron chi connectivity index (χ2n) is 7.36. The van der Waals surface area contributed by atoms with Crippen LogP contribution in [-0.2, 0) is 10.0 Å². The first-order valence-electron chi connectivity index (χ1n) is 8.97. The van der Waals surface area contributed by atoms with Gasteiger partial charge in [0.05, 0.1) is 6.26 Å². The molecule has 2 atom stereocenters. The van der Waals surface area contributed by atoms with Crippen molar-refractivity contribution in [1.29, 1.82) is 0 Å². The lowest BCUT2D eigenvalue weighted by atomic mass is 9.96. The first-order valence-corrected chi connectivity index (χ1v) is 10.8. The standard InChI is InChI=1S/C16H29N3O3S/c1-23(21,22)18-10-4-8-14(12-18)17-16(20)19-11-5-9-15(19)13-6-2-3-7-13/h13-15H,2-12H2,1H3,(H,17,20). The average Bonchev–Trinajstić information content (AvgIpc) is 3.17. The van der Waals surface area contributed by atoms with Gasteiger partial charge in [-0.05, 0) is 44.4 Å². The summed E-state index contributed by atoms with van der Waals surface area (Å²) in [4.78, 5) is 14.7. The third-order valence-corrected chi connectivity index (χ3v) is 6.95. The Morgan fingerprint density at radius 3 is 2.39 bits per heavy atom. The van der Waals surface area contributed by atoms with Gasteiger partial charge in [0.25, 0.3) is 0 Å². The van der Waals surface area contributed by atoms with Crippen molar-refractivity contribution >= 4 is 16.1 Å². The van der Waals surface area contributed by atoms with Crippen molar-refractivity contribution in [2.75, 3.05) is 25.9 Å². The zero-order valence-corrected chi connectivity index (χ0v) is 14.9. The SMILES string of the molecule is CS(=O)(=O)N1CCCC(NC(=O)N2CCCC2C2CCCC2)C1. The average molecular weight is 343 g/mol. The lowest BCUT2D eigenvalue weighted by Crippen LogP contribution is -2.54. The molecule has 1 aliphatic carbocycles. The first kappa shape index (κ1) is 17.0. The van der Waals surface area contributed by atoms with E-state index in [9.17, 15) is 13.2 Å². The predicted molar refractivity (Wildman–Crippen MR) is 89.7 cm³/mol. The Morgan fingerprint density at radius 2 is 1.70 bits per heavy atom. The molecule has 3 rings (SSSR count). The van der Waals surface area contributed by atoms with Crippen LogP contribution in [0.3, 0.4) is 0 Å². The lowest BCUT2D eigenvalue weighted by Gasteiger charge is -2.34. The van der Waals surface area contributed by atoms with Crippen molar-refractivity contribution in [3.63, 3.8) is 0 Å². The summed E-state index contributed by atoms with van der Waals surface area (Å²) in [6.45, 7) is 1.82. The van der Waals surface area contributed by atoms with Crippen LogP contribution in [0.25, 0.3) is 0 Å². The van der Waals surface area contributed by atoms with E-state index in [1.165, 1.54) is 36.2 Å². The number of nitrogens with zero attached hydrogens (tertiary/aromatic N) is 2. The molecule has 132 valence electrons. The third-order valence-electron chi connectivity index (χ3n) is 5.68. The fourth-order valence-corrected chi connectivity index (χ4v) is 5.41. The molecule has 6 nitrogen and oxygen atoms in total. The Morgan fingerprint density at radius 1 is 1.00 bits per heavy atom. The number of amides is 2. The van der Waals surface area contributed by atoms with Crippen molar-refractivity contribution in [3.8, 4) is 0 Å². The van der Waals surface area contributed by atoms with Crippen molar-refractivity contribution in [1.82, 2.24) is 14.5 Å². The molecule has 1 saturated carbocycles. The van der Waals surface area contributed by atoms with E-state index < -0.39 is 10.0 Å². The van der Waals surface area contributed by atoms with Gasteiger partial charge in [-0.25, -0.2) is 17.5 Å². The van der Waals surface area contributed by atoms with Crippen LogP contribution in [0.4, 0.5) is 4.79 Å². The molecule has 7 heteroatoms. The summed E-state index contributed by atoms with van der Waals surface area (Å²) in [6, 6.07) is 0.350. The molecule has 2 amide bonds. The highest BCUT2D eigenvalue weighted by atomic mass is 32.2. The van der Waals surface area contributed by atoms with Gasteiger partial charge in [0.2, 0.25) is 10.0 Å². The topological polar surface area (TPSA) is 69.7 Å². The molecule has 2 unspecified atom stereocenters. The predicted octanol–water partition coefficient (Wildman–Crippen LogP) is 1.77. The van der Waals surface area contributed by atoms with Crippen LogP contribution in [0.2, 0.25) is 0 Å². The number of carbonyl (C=O) groups is 1. The van der Waals surface area contributed by atoms with Crippen LogP contribution in [0, 0.1) is 5.92 Å². The van der Waals surface area contributed by atoms with Gasteiger partial charge in [-0.15, -0.1) is 0 Å². The van der Waals surface area contributed by atoms with E-state index >= 15 is 0 Å². The second-order valence-corrected chi connectivity index (χ2v) is 9.34. The summed E-state index contributed by atoms with van der Waals surface area (Å²) in [5.41, 5.74) is 0. The fourth-order valence-electron chi connectivity index (χ4n) is 4.50. The minimum Gasteiger partial charge on any atom is -0.334 e. The molecule has 23 heavy (non-hydrogen) atoms. The van der Waals surface area contributed by atoms with Gasteiger partial charge in [-0.3, -0.25) is 0 Å². The summed E-state index contributed by atoms with van der Waals surface area (Å²) in [5.74, 6) is 0.669. The van der Waals surface area contributed by atoms with Crippen molar-refractivity contribution < 1.29 is 13.2 Å². The quantitative estimate of drug-likeness (QED) is 0.849. The Bertz CT molecular complexity index is 531. The summed E-state index contributed by atoms with van der Waals surface area (Å²) in [5, 5.41) is 3.10. The summed E-state index contributed by atoms with van der Waals surface area (Å²) < 4.78 is 24.9. The Hall–Kier alpha value is -0.820. The molecule has 2 aliphatic heterocycles. The molecule has 0 aromatic rings. The van der Waals surface area contributed by atoms with E-state index in [0.29, 0.717) is 25.0 Å². The highest BCUT2D eigenvalue weighted by Gasteiger charge is 2.37. The molecule has 0 aromatic heterocycles. The highest BCUT2D eigenvalue weighted by Crippen LogP contribution is 2.35. The fraction of sp³-hybridized carbons (Fsp3) is 0.938. The largest absolute Gasteiger partial charge is 0.334 e. The molecule has 0 radical (unpaired) electrons. The molecule has 0 spiro atoms. The number of likely N-dealkylation sites (tertiary alicyclic amines) is 1. The number of hydrogen-bond acceptors (Lipinski definition) is 3. The van der Waals surface area contributed by atoms with Crippen LogP contribution in [0.1, 0.15) is 51.4 Å². The number of piperidine rings is 1. The van der Waals surface area contributed by atoms with Crippen molar-refractivity contribution in [2.24, 2.45) is 5.92 Å². The molecule has 0 bridgehead atoms. The minimum absolute atomic E-state index is 0.0137. The second kappa shape index (κ2) is 6.97. The molecular formula is C16H29N3O3S. The first-order chi connectivity index (χ1) is 10.9. The maximum absolute atomic E-state index is 12.7. The number of carbonyl (C=O) groups excluding carboxylic acids is 1. The Labute approximate surface area is 139 Å². The molecule has 3 fully saturated rings. The van der Waals surface area contributed by atoms with Gasteiger partial charge in [-0.1, -0.05) is 12.8 Å². The number of rotatable bonds is 3. The van der Waals surface area contributed by atoms with E-state index in [0.717, 1.165) is 32.2 Å². The summed E-state index contributed by atoms with van der Waals surface area (Å²) >= 11 is 0. The third kappa shape index (κ3) is 3.99. The van der Waals surface area contributed by atoms with Crippen LogP contribution in [0.15, 0.2) is 0 Å². The van der Waals surface area contributed by atoms with Crippen molar-refractivity contribution in [3.05, 3.63) is 0 Å². The molecule has 2 saturated heterocycles. The van der Waals surface area contributed by atoms with E-state index in [1.54, 1.807) is 0 Å². The van der Waals surface area contributed by atoms with E-state index in [1.807, 2.05) is 4.90 Å². The Kier molecular flexibility index (Phi) is 5.16. The normalized spacial score (nSPS) is 30.7. The molecular weight excluding hydrogens is 314 g/mol. The zero-order valence-electron chi connectivity index (χ0n) is 14.0. The smallest absolute Gasteiger partial charge is 0.317 e. The van der Waals surface area contributed by atoms with Crippen LogP contribution < -0.4 is 5.32 Å². The number of urea groups is 1. The minimum atomic E-state index is -3.17. The highest BCUT2D eigenvalue weighted by molar-refractivity contribution is 7.88. The molecule has 3 aliphatic rings. The molecule has 0 aromatic carbocycles. The van der Waals surface area contributed by atoms with E-state index in [-0.39, 0.29) is 12.1 Å². The van der Waals surface area contributed by atoms with Gasteiger partial charge in [0.15, 0.2) is 0 Å². The molecule has 2 heterocycles. The van der Waals surface area contributed by atoms with Crippen LogP contribution >= 0.6 is 0 Å².